The van der Waals surface area contributed by atoms with Crippen LogP contribution >= 0.6 is 11.3 Å². The minimum Gasteiger partial charge on any atom is -0.317 e. The molecule has 1 aromatic carbocycles. The molecule has 114 valence electrons. The van der Waals surface area contributed by atoms with Crippen molar-refractivity contribution in [3.8, 4) is 0 Å². The van der Waals surface area contributed by atoms with Gasteiger partial charge in [0.15, 0.2) is 0 Å². The molecule has 0 aliphatic heterocycles. The summed E-state index contributed by atoms with van der Waals surface area (Å²) in [5.41, 5.74) is 1.53. The van der Waals surface area contributed by atoms with Gasteiger partial charge in [-0.05, 0) is 48.2 Å². The zero-order valence-corrected chi connectivity index (χ0v) is 13.9. The lowest BCUT2D eigenvalue weighted by molar-refractivity contribution is 0.362. The molecule has 1 atom stereocenters. The average Bonchev–Trinajstić information content (AvgIpc) is 2.74. The molecule has 21 heavy (non-hydrogen) atoms. The van der Waals surface area contributed by atoms with Gasteiger partial charge in [-0.25, -0.2) is 0 Å². The lowest BCUT2D eigenvalue weighted by Crippen LogP contribution is -2.30. The first-order chi connectivity index (χ1) is 10.4. The number of hydrogen-bond acceptors (Lipinski definition) is 2. The smallest absolute Gasteiger partial charge is 0.0345 e. The van der Waals surface area contributed by atoms with Crippen molar-refractivity contribution in [3.63, 3.8) is 0 Å². The maximum atomic E-state index is 3.58. The van der Waals surface area contributed by atoms with Gasteiger partial charge in [0.05, 0.1) is 0 Å². The Labute approximate surface area is 132 Å². The summed E-state index contributed by atoms with van der Waals surface area (Å²) in [5, 5.41) is 7.40. The molecule has 0 spiro atoms. The fourth-order valence-corrected chi connectivity index (χ4v) is 4.74. The second-order valence-electron chi connectivity index (χ2n) is 6.54. The Hall–Kier alpha value is -0.860. The Morgan fingerprint density at radius 3 is 2.67 bits per heavy atom. The third-order valence-corrected chi connectivity index (χ3v) is 6.04. The van der Waals surface area contributed by atoms with Crippen molar-refractivity contribution in [2.75, 3.05) is 7.05 Å². The summed E-state index contributed by atoms with van der Waals surface area (Å²) in [7, 11) is 2.13. The van der Waals surface area contributed by atoms with E-state index in [0.29, 0.717) is 6.04 Å². The molecule has 1 aliphatic rings. The molecular weight excluding hydrogens is 274 g/mol. The highest BCUT2D eigenvalue weighted by atomic mass is 32.1. The van der Waals surface area contributed by atoms with Crippen LogP contribution in [-0.4, -0.2) is 13.1 Å². The van der Waals surface area contributed by atoms with Gasteiger partial charge in [-0.3, -0.25) is 0 Å². The molecule has 3 rings (SSSR count). The number of rotatable bonds is 5. The van der Waals surface area contributed by atoms with Gasteiger partial charge in [-0.1, -0.05) is 56.7 Å². The summed E-state index contributed by atoms with van der Waals surface area (Å²) in [6, 6.07) is 9.45. The summed E-state index contributed by atoms with van der Waals surface area (Å²) < 4.78 is 1.43. The molecule has 0 bridgehead atoms. The quantitative estimate of drug-likeness (QED) is 0.730. The minimum atomic E-state index is 0.631. The number of benzene rings is 1. The van der Waals surface area contributed by atoms with Crippen molar-refractivity contribution in [2.45, 2.75) is 57.4 Å². The number of hydrogen-bond donors (Lipinski definition) is 1. The lowest BCUT2D eigenvalue weighted by Gasteiger charge is -2.22. The van der Waals surface area contributed by atoms with E-state index in [1.54, 1.807) is 0 Å². The maximum Gasteiger partial charge on any atom is 0.0345 e. The van der Waals surface area contributed by atoms with Crippen molar-refractivity contribution >= 4 is 21.4 Å². The number of likely N-dealkylation sites (N-methyl/N-ethyl adjacent to an activating group) is 1. The van der Waals surface area contributed by atoms with Gasteiger partial charge in [0.25, 0.3) is 0 Å². The minimum absolute atomic E-state index is 0.631. The zero-order chi connectivity index (χ0) is 14.5. The van der Waals surface area contributed by atoms with Crippen molar-refractivity contribution in [1.29, 1.82) is 0 Å². The second-order valence-corrected chi connectivity index (χ2v) is 7.45. The highest BCUT2D eigenvalue weighted by molar-refractivity contribution is 7.17. The first-order valence-corrected chi connectivity index (χ1v) is 9.37. The number of nitrogens with one attached hydrogen (secondary N) is 1. The van der Waals surface area contributed by atoms with Gasteiger partial charge < -0.3 is 5.32 Å². The van der Waals surface area contributed by atoms with Crippen LogP contribution in [-0.2, 0) is 6.42 Å². The first kappa shape index (κ1) is 15.1. The summed E-state index contributed by atoms with van der Waals surface area (Å²) in [5.74, 6) is 0.940. The standard InChI is InChI=1S/C19H27NS/c1-20-17(12-15-8-4-2-3-5-9-15)13-16-14-21-19-11-7-6-10-18(16)19/h6-7,10-11,14-15,17,20H,2-5,8-9,12-13H2,1H3. The van der Waals surface area contributed by atoms with E-state index < -0.39 is 0 Å². The Morgan fingerprint density at radius 2 is 1.90 bits per heavy atom. The van der Waals surface area contributed by atoms with Crippen LogP contribution in [0.1, 0.15) is 50.5 Å². The molecule has 0 saturated heterocycles. The fourth-order valence-electron chi connectivity index (χ4n) is 3.76. The number of thiophene rings is 1. The highest BCUT2D eigenvalue weighted by Gasteiger charge is 2.18. The summed E-state index contributed by atoms with van der Waals surface area (Å²) in [6.45, 7) is 0. The fraction of sp³-hybridized carbons (Fsp3) is 0.579. The zero-order valence-electron chi connectivity index (χ0n) is 13.1. The third-order valence-electron chi connectivity index (χ3n) is 5.03. The molecule has 2 heteroatoms. The van der Waals surface area contributed by atoms with Crippen LogP contribution in [0, 0.1) is 5.92 Å². The van der Waals surface area contributed by atoms with Crippen LogP contribution < -0.4 is 5.32 Å². The summed E-state index contributed by atoms with van der Waals surface area (Å²) >= 11 is 1.89. The molecule has 1 aliphatic carbocycles. The molecule has 1 heterocycles. The van der Waals surface area contributed by atoms with Gasteiger partial charge in [-0.15, -0.1) is 11.3 Å². The largest absolute Gasteiger partial charge is 0.317 e. The second kappa shape index (κ2) is 7.42. The van der Waals surface area contributed by atoms with Crippen molar-refractivity contribution in [1.82, 2.24) is 5.32 Å². The van der Waals surface area contributed by atoms with E-state index in [0.717, 1.165) is 5.92 Å². The highest BCUT2D eigenvalue weighted by Crippen LogP contribution is 2.30. The maximum absolute atomic E-state index is 3.58. The van der Waals surface area contributed by atoms with E-state index in [2.05, 4.69) is 42.0 Å². The molecule has 1 saturated carbocycles. The van der Waals surface area contributed by atoms with Gasteiger partial charge >= 0.3 is 0 Å². The SMILES string of the molecule is CNC(Cc1csc2ccccc12)CC1CCCCCC1. The van der Waals surface area contributed by atoms with Gasteiger partial charge in [0.2, 0.25) is 0 Å². The molecule has 1 fully saturated rings. The Morgan fingerprint density at radius 1 is 1.14 bits per heavy atom. The predicted octanol–water partition coefficient (Wildman–Crippen LogP) is 5.39. The van der Waals surface area contributed by atoms with Crippen LogP contribution in [0.2, 0.25) is 0 Å². The monoisotopic (exact) mass is 301 g/mol. The lowest BCUT2D eigenvalue weighted by atomic mass is 9.90. The first-order valence-electron chi connectivity index (χ1n) is 8.49. The Balaban J connectivity index is 1.66. The van der Waals surface area contributed by atoms with Crippen LogP contribution in [0.15, 0.2) is 29.6 Å². The van der Waals surface area contributed by atoms with E-state index in [-0.39, 0.29) is 0 Å². The number of fused-ring (bicyclic) bond motifs is 1. The molecule has 2 aromatic rings. The van der Waals surface area contributed by atoms with Gasteiger partial charge in [0.1, 0.15) is 0 Å². The van der Waals surface area contributed by atoms with E-state index >= 15 is 0 Å². The van der Waals surface area contributed by atoms with Crippen molar-refractivity contribution in [3.05, 3.63) is 35.2 Å². The van der Waals surface area contributed by atoms with Crippen LogP contribution in [0.25, 0.3) is 10.1 Å². The van der Waals surface area contributed by atoms with E-state index in [9.17, 15) is 0 Å². The van der Waals surface area contributed by atoms with Crippen LogP contribution in [0.4, 0.5) is 0 Å². The molecule has 0 radical (unpaired) electrons. The van der Waals surface area contributed by atoms with Crippen LogP contribution in [0.5, 0.6) is 0 Å². The van der Waals surface area contributed by atoms with Gasteiger partial charge in [-0.2, -0.15) is 0 Å². The Kier molecular flexibility index (Phi) is 5.32. The average molecular weight is 301 g/mol. The van der Waals surface area contributed by atoms with Gasteiger partial charge in [0, 0.05) is 10.7 Å². The molecule has 1 N–H and O–H groups in total. The summed E-state index contributed by atoms with van der Waals surface area (Å²) in [4.78, 5) is 0. The summed E-state index contributed by atoms with van der Waals surface area (Å²) in [6.07, 6.45) is 11.2. The molecule has 0 amide bonds. The molecule has 1 unspecified atom stereocenters. The third kappa shape index (κ3) is 3.87. The molecular formula is C19H27NS. The molecule has 1 aromatic heterocycles. The van der Waals surface area contributed by atoms with E-state index in [4.69, 9.17) is 0 Å². The van der Waals surface area contributed by atoms with Crippen molar-refractivity contribution < 1.29 is 0 Å². The predicted molar refractivity (Wildman–Crippen MR) is 94.2 cm³/mol. The Bertz CT molecular complexity index is 551. The van der Waals surface area contributed by atoms with Crippen LogP contribution in [0.3, 0.4) is 0 Å². The normalized spacial score (nSPS) is 18.7. The molecule has 1 nitrogen and oxygen atoms in total. The van der Waals surface area contributed by atoms with E-state index in [1.807, 2.05) is 11.3 Å². The van der Waals surface area contributed by atoms with E-state index in [1.165, 1.54) is 67.0 Å². The topological polar surface area (TPSA) is 12.0 Å². The van der Waals surface area contributed by atoms with Crippen molar-refractivity contribution in [2.24, 2.45) is 5.92 Å².